The van der Waals surface area contributed by atoms with Crippen molar-refractivity contribution in [2.75, 3.05) is 26.2 Å². The second kappa shape index (κ2) is 13.0. The van der Waals surface area contributed by atoms with Crippen molar-refractivity contribution in [2.45, 2.75) is 53.4 Å². The van der Waals surface area contributed by atoms with E-state index in [2.05, 4.69) is 56.0 Å². The first-order valence-electron chi connectivity index (χ1n) is 6.24. The lowest BCUT2D eigenvalue weighted by molar-refractivity contribution is -0.928. The molecule has 0 aromatic heterocycles. The highest BCUT2D eigenvalue weighted by Gasteiger charge is 2.22. The highest BCUT2D eigenvalue weighted by Crippen LogP contribution is 2.12. The average Bonchev–Trinajstić information content (AvgIpc) is 2.22. The molecule has 0 saturated carbocycles. The van der Waals surface area contributed by atoms with E-state index < -0.39 is 0 Å². The standard InChI is InChI=1S/C12H28N.Br2/c1-5-9-13(10-6-2,11-7-3)12-8-4;1-2/h5-12H2,1-4H3;/q+1;. The van der Waals surface area contributed by atoms with E-state index in [0.29, 0.717) is 0 Å². The van der Waals surface area contributed by atoms with Crippen molar-refractivity contribution < 1.29 is 4.48 Å². The Morgan fingerprint density at radius 3 is 0.933 bits per heavy atom. The Morgan fingerprint density at radius 2 is 0.800 bits per heavy atom. The van der Waals surface area contributed by atoms with Gasteiger partial charge in [-0.25, -0.2) is 0 Å². The highest BCUT2D eigenvalue weighted by molar-refractivity contribution is 9.93. The van der Waals surface area contributed by atoms with Crippen LogP contribution >= 0.6 is 28.3 Å². The predicted molar refractivity (Wildman–Crippen MR) is 78.7 cm³/mol. The van der Waals surface area contributed by atoms with Crippen LogP contribution in [0.5, 0.6) is 0 Å². The largest absolute Gasteiger partial charge is 0.324 e. The second-order valence-electron chi connectivity index (χ2n) is 4.24. The third-order valence-corrected chi connectivity index (χ3v) is 2.79. The Kier molecular flexibility index (Phi) is 15.8. The molecule has 0 saturated heterocycles. The van der Waals surface area contributed by atoms with Gasteiger partial charge in [0.2, 0.25) is 0 Å². The number of nitrogens with zero attached hydrogens (tertiary/aromatic N) is 1. The van der Waals surface area contributed by atoms with Gasteiger partial charge in [-0.2, -0.15) is 0 Å². The molecule has 0 unspecified atom stereocenters. The van der Waals surface area contributed by atoms with Crippen LogP contribution in [0.4, 0.5) is 0 Å². The van der Waals surface area contributed by atoms with Crippen molar-refractivity contribution in [3.8, 4) is 0 Å². The van der Waals surface area contributed by atoms with Crippen LogP contribution in [-0.2, 0) is 0 Å². The summed E-state index contributed by atoms with van der Waals surface area (Å²) in [6, 6.07) is 0. The summed E-state index contributed by atoms with van der Waals surface area (Å²) < 4.78 is 1.38. The Hall–Kier alpha value is 0.920. The summed E-state index contributed by atoms with van der Waals surface area (Å²) in [5.74, 6) is 0. The zero-order chi connectivity index (χ0) is 12.2. The molecule has 0 bridgehead atoms. The molecule has 0 heterocycles. The molecular formula is C12H28Br2N+. The Labute approximate surface area is 112 Å². The van der Waals surface area contributed by atoms with E-state index in [1.54, 1.807) is 0 Å². The quantitative estimate of drug-likeness (QED) is 0.534. The summed E-state index contributed by atoms with van der Waals surface area (Å²) in [6.07, 6.45) is 5.33. The molecule has 94 valence electrons. The van der Waals surface area contributed by atoms with Gasteiger partial charge in [0, 0.05) is 28.3 Å². The molecule has 0 fully saturated rings. The monoisotopic (exact) mass is 344 g/mol. The lowest BCUT2D eigenvalue weighted by Gasteiger charge is -2.38. The van der Waals surface area contributed by atoms with E-state index in [1.807, 2.05) is 0 Å². The first-order valence-corrected chi connectivity index (χ1v) is 9.95. The van der Waals surface area contributed by atoms with Gasteiger partial charge in [0.25, 0.3) is 0 Å². The van der Waals surface area contributed by atoms with Gasteiger partial charge in [0.05, 0.1) is 26.2 Å². The molecule has 3 heteroatoms. The second-order valence-corrected chi connectivity index (χ2v) is 4.24. The van der Waals surface area contributed by atoms with Crippen LogP contribution in [0.3, 0.4) is 0 Å². The van der Waals surface area contributed by atoms with Gasteiger partial charge >= 0.3 is 0 Å². The van der Waals surface area contributed by atoms with Crippen LogP contribution in [0, 0.1) is 0 Å². The third kappa shape index (κ3) is 8.70. The fourth-order valence-electron chi connectivity index (χ4n) is 2.57. The molecule has 0 aliphatic heterocycles. The molecule has 0 amide bonds. The molecule has 0 N–H and O–H groups in total. The van der Waals surface area contributed by atoms with Crippen molar-refractivity contribution in [3.05, 3.63) is 0 Å². The maximum Gasteiger partial charge on any atom is 0.0783 e. The van der Waals surface area contributed by atoms with Crippen molar-refractivity contribution in [3.63, 3.8) is 0 Å². The van der Waals surface area contributed by atoms with E-state index in [4.69, 9.17) is 0 Å². The SMILES string of the molecule is BrBr.CCC[N+](CCC)(CCC)CCC. The summed E-state index contributed by atoms with van der Waals surface area (Å²) in [7, 11) is 0. The maximum absolute atomic E-state index is 2.75. The van der Waals surface area contributed by atoms with Gasteiger partial charge in [-0.05, 0) is 25.7 Å². The minimum Gasteiger partial charge on any atom is -0.324 e. The number of hydrogen-bond donors (Lipinski definition) is 0. The number of rotatable bonds is 8. The van der Waals surface area contributed by atoms with Crippen molar-refractivity contribution in [1.82, 2.24) is 0 Å². The molecule has 0 rings (SSSR count). The number of halogens is 2. The lowest BCUT2D eigenvalue weighted by Crippen LogP contribution is -2.50. The van der Waals surface area contributed by atoms with Crippen molar-refractivity contribution in [1.29, 1.82) is 0 Å². The van der Waals surface area contributed by atoms with Gasteiger partial charge in [-0.1, -0.05) is 27.7 Å². The van der Waals surface area contributed by atoms with Crippen LogP contribution in [0.15, 0.2) is 0 Å². The molecule has 0 aromatic carbocycles. The predicted octanol–water partition coefficient (Wildman–Crippen LogP) is 5.13. The zero-order valence-corrected chi connectivity index (χ0v) is 14.0. The Balaban J connectivity index is 0. The molecule has 1 nitrogen and oxygen atoms in total. The van der Waals surface area contributed by atoms with E-state index in [1.165, 1.54) is 56.3 Å². The molecule has 0 radical (unpaired) electrons. The highest BCUT2D eigenvalue weighted by atomic mass is 80.9. The molecular weight excluding hydrogens is 318 g/mol. The first kappa shape index (κ1) is 18.3. The first-order chi connectivity index (χ1) is 7.24. The normalized spacial score (nSPS) is 10.8. The fraction of sp³-hybridized carbons (Fsp3) is 1.00. The summed E-state index contributed by atoms with van der Waals surface area (Å²) in [6.45, 7) is 14.8. The topological polar surface area (TPSA) is 0 Å². The molecule has 0 aliphatic rings. The maximum atomic E-state index is 2.75. The van der Waals surface area contributed by atoms with Gasteiger partial charge in [0.15, 0.2) is 0 Å². The van der Waals surface area contributed by atoms with Gasteiger partial charge < -0.3 is 4.48 Å². The molecule has 15 heavy (non-hydrogen) atoms. The minimum atomic E-state index is 1.33. The van der Waals surface area contributed by atoms with E-state index in [9.17, 15) is 0 Å². The summed E-state index contributed by atoms with van der Waals surface area (Å²) in [4.78, 5) is 0. The zero-order valence-electron chi connectivity index (χ0n) is 10.9. The number of hydrogen-bond acceptors (Lipinski definition) is 0. The van der Waals surface area contributed by atoms with Crippen molar-refractivity contribution >= 4 is 28.3 Å². The third-order valence-electron chi connectivity index (χ3n) is 2.79. The van der Waals surface area contributed by atoms with Crippen LogP contribution < -0.4 is 0 Å². The molecule has 0 aromatic rings. The average molecular weight is 346 g/mol. The minimum absolute atomic E-state index is 1.33. The van der Waals surface area contributed by atoms with E-state index in [-0.39, 0.29) is 0 Å². The summed E-state index contributed by atoms with van der Waals surface area (Å²) in [5.41, 5.74) is 0. The smallest absolute Gasteiger partial charge is 0.0783 e. The molecule has 0 aliphatic carbocycles. The van der Waals surface area contributed by atoms with Crippen LogP contribution in [0.25, 0.3) is 0 Å². The van der Waals surface area contributed by atoms with Gasteiger partial charge in [-0.15, -0.1) is 0 Å². The van der Waals surface area contributed by atoms with E-state index >= 15 is 0 Å². The van der Waals surface area contributed by atoms with Crippen LogP contribution in [-0.4, -0.2) is 30.7 Å². The number of quaternary nitrogens is 1. The summed E-state index contributed by atoms with van der Waals surface area (Å²) in [5, 5.41) is 0. The fourth-order valence-corrected chi connectivity index (χ4v) is 2.57. The molecule has 0 spiro atoms. The van der Waals surface area contributed by atoms with Gasteiger partial charge in [-0.3, -0.25) is 0 Å². The van der Waals surface area contributed by atoms with Crippen molar-refractivity contribution in [2.24, 2.45) is 0 Å². The summed E-state index contributed by atoms with van der Waals surface area (Å²) >= 11 is 5.50. The Bertz CT molecular complexity index is 88.7. The lowest BCUT2D eigenvalue weighted by atomic mass is 10.2. The van der Waals surface area contributed by atoms with Crippen LogP contribution in [0.2, 0.25) is 0 Å². The van der Waals surface area contributed by atoms with Crippen LogP contribution in [0.1, 0.15) is 53.4 Å². The van der Waals surface area contributed by atoms with E-state index in [0.717, 1.165) is 0 Å². The molecule has 0 atom stereocenters. The Morgan fingerprint density at radius 1 is 0.600 bits per heavy atom. The van der Waals surface area contributed by atoms with Gasteiger partial charge in [0.1, 0.15) is 0 Å².